The Balaban J connectivity index is 1.64. The van der Waals surface area contributed by atoms with Crippen LogP contribution in [-0.4, -0.2) is 16.0 Å². The Kier molecular flexibility index (Phi) is 6.48. The van der Waals surface area contributed by atoms with E-state index in [1.807, 2.05) is 0 Å². The molecule has 0 saturated carbocycles. The standard InChI is InChI=1S/C25H18ClFN4O3/c1-14(32)30-22-9-19-21(10-23(22)33)29-12-16(11-28)25(19)31-18-5-6-24(20(26)8-18)34-13-15-3-2-4-17(27)7-15/h2-10,12,33H,13H2,1H3,(H,29,31)(H,30,32). The summed E-state index contributed by atoms with van der Waals surface area (Å²) in [5.74, 6) is -0.433. The molecule has 0 radical (unpaired) electrons. The molecule has 170 valence electrons. The van der Waals surface area contributed by atoms with Gasteiger partial charge in [0, 0.05) is 30.3 Å². The highest BCUT2D eigenvalue weighted by Crippen LogP contribution is 2.36. The third-order valence-corrected chi connectivity index (χ3v) is 5.20. The second kappa shape index (κ2) is 9.65. The van der Waals surface area contributed by atoms with E-state index in [9.17, 15) is 19.6 Å². The molecule has 0 unspecified atom stereocenters. The number of aromatic hydroxyl groups is 1. The highest BCUT2D eigenvalue weighted by molar-refractivity contribution is 6.32. The molecule has 7 nitrogen and oxygen atoms in total. The van der Waals surface area contributed by atoms with Gasteiger partial charge in [-0.05, 0) is 42.0 Å². The van der Waals surface area contributed by atoms with Gasteiger partial charge in [0.05, 0.1) is 27.5 Å². The topological polar surface area (TPSA) is 107 Å². The molecular weight excluding hydrogens is 459 g/mol. The summed E-state index contributed by atoms with van der Waals surface area (Å²) >= 11 is 6.39. The van der Waals surface area contributed by atoms with E-state index >= 15 is 0 Å². The summed E-state index contributed by atoms with van der Waals surface area (Å²) in [5.41, 5.74) is 2.55. The largest absolute Gasteiger partial charge is 0.506 e. The van der Waals surface area contributed by atoms with E-state index in [4.69, 9.17) is 16.3 Å². The summed E-state index contributed by atoms with van der Waals surface area (Å²) in [7, 11) is 0. The number of fused-ring (bicyclic) bond motifs is 1. The monoisotopic (exact) mass is 476 g/mol. The molecule has 0 bridgehead atoms. The summed E-state index contributed by atoms with van der Waals surface area (Å²) in [6.07, 6.45) is 1.39. The lowest BCUT2D eigenvalue weighted by Gasteiger charge is -2.15. The Labute approximate surface area is 199 Å². The number of carbonyl (C=O) groups is 1. The minimum atomic E-state index is -0.353. The molecule has 0 saturated heterocycles. The summed E-state index contributed by atoms with van der Waals surface area (Å²) in [4.78, 5) is 15.7. The van der Waals surface area contributed by atoms with Crippen LogP contribution in [0.3, 0.4) is 0 Å². The Hall–Kier alpha value is -4.35. The predicted octanol–water partition coefficient (Wildman–Crippen LogP) is 5.89. The highest BCUT2D eigenvalue weighted by atomic mass is 35.5. The maximum absolute atomic E-state index is 13.4. The number of nitrogens with one attached hydrogen (secondary N) is 2. The summed E-state index contributed by atoms with van der Waals surface area (Å²) < 4.78 is 19.1. The first kappa shape index (κ1) is 22.8. The predicted molar refractivity (Wildman–Crippen MR) is 128 cm³/mol. The van der Waals surface area contributed by atoms with E-state index in [2.05, 4.69) is 21.7 Å². The lowest BCUT2D eigenvalue weighted by Crippen LogP contribution is -2.06. The number of benzene rings is 3. The lowest BCUT2D eigenvalue weighted by molar-refractivity contribution is -0.114. The highest BCUT2D eigenvalue weighted by Gasteiger charge is 2.14. The van der Waals surface area contributed by atoms with Crippen molar-refractivity contribution in [1.29, 1.82) is 5.26 Å². The van der Waals surface area contributed by atoms with Gasteiger partial charge in [0.25, 0.3) is 0 Å². The fourth-order valence-electron chi connectivity index (χ4n) is 3.37. The molecule has 4 rings (SSSR count). The average molecular weight is 477 g/mol. The fourth-order valence-corrected chi connectivity index (χ4v) is 3.60. The molecule has 9 heteroatoms. The normalized spacial score (nSPS) is 10.5. The van der Waals surface area contributed by atoms with Crippen LogP contribution >= 0.6 is 11.6 Å². The summed E-state index contributed by atoms with van der Waals surface area (Å²) in [6.45, 7) is 1.47. The van der Waals surface area contributed by atoms with E-state index in [1.54, 1.807) is 36.4 Å². The first-order valence-corrected chi connectivity index (χ1v) is 10.5. The molecule has 3 N–H and O–H groups in total. The van der Waals surface area contributed by atoms with Gasteiger partial charge in [-0.3, -0.25) is 9.78 Å². The average Bonchev–Trinajstić information content (AvgIpc) is 2.79. The summed E-state index contributed by atoms with van der Waals surface area (Å²) in [5, 5.41) is 26.3. The van der Waals surface area contributed by atoms with Crippen LogP contribution in [0.1, 0.15) is 18.1 Å². The van der Waals surface area contributed by atoms with Gasteiger partial charge >= 0.3 is 0 Å². The van der Waals surface area contributed by atoms with Crippen molar-refractivity contribution in [3.63, 3.8) is 0 Å². The van der Waals surface area contributed by atoms with E-state index in [0.717, 1.165) is 0 Å². The van der Waals surface area contributed by atoms with Crippen LogP contribution in [0.25, 0.3) is 10.9 Å². The number of aromatic nitrogens is 1. The van der Waals surface area contributed by atoms with Gasteiger partial charge in [0.2, 0.25) is 5.91 Å². The molecule has 4 aromatic rings. The van der Waals surface area contributed by atoms with Gasteiger partial charge < -0.3 is 20.5 Å². The zero-order valence-electron chi connectivity index (χ0n) is 17.9. The minimum Gasteiger partial charge on any atom is -0.506 e. The van der Waals surface area contributed by atoms with Crippen molar-refractivity contribution in [3.05, 3.63) is 82.8 Å². The number of amides is 1. The van der Waals surface area contributed by atoms with Crippen LogP contribution in [0, 0.1) is 17.1 Å². The van der Waals surface area contributed by atoms with Crippen molar-refractivity contribution in [1.82, 2.24) is 4.98 Å². The Morgan fingerprint density at radius 3 is 2.76 bits per heavy atom. The van der Waals surface area contributed by atoms with Gasteiger partial charge in [0.1, 0.15) is 30.0 Å². The number of rotatable bonds is 6. The molecule has 0 aliphatic rings. The quantitative estimate of drug-likeness (QED) is 0.300. The molecule has 0 fully saturated rings. The minimum absolute atomic E-state index is 0.145. The molecule has 1 aromatic heterocycles. The summed E-state index contributed by atoms with van der Waals surface area (Å²) in [6, 6.07) is 16.1. The van der Waals surface area contributed by atoms with Crippen molar-refractivity contribution in [3.8, 4) is 17.6 Å². The van der Waals surface area contributed by atoms with Gasteiger partial charge in [-0.25, -0.2) is 4.39 Å². The number of nitrogens with zero attached hydrogens (tertiary/aromatic N) is 2. The zero-order valence-corrected chi connectivity index (χ0v) is 18.7. The molecule has 1 heterocycles. The number of hydrogen-bond donors (Lipinski definition) is 3. The van der Waals surface area contributed by atoms with Crippen molar-refractivity contribution in [2.24, 2.45) is 0 Å². The number of carbonyl (C=O) groups excluding carboxylic acids is 1. The molecule has 34 heavy (non-hydrogen) atoms. The molecule has 0 spiro atoms. The second-order valence-electron chi connectivity index (χ2n) is 7.42. The molecule has 0 atom stereocenters. The Bertz CT molecular complexity index is 1450. The number of pyridine rings is 1. The van der Waals surface area contributed by atoms with E-state index < -0.39 is 0 Å². The molecular formula is C25H18ClFN4O3. The first-order chi connectivity index (χ1) is 16.3. The van der Waals surface area contributed by atoms with Crippen LogP contribution in [0.2, 0.25) is 5.02 Å². The Morgan fingerprint density at radius 2 is 2.06 bits per heavy atom. The van der Waals surface area contributed by atoms with Gasteiger partial charge in [-0.1, -0.05) is 23.7 Å². The lowest BCUT2D eigenvalue weighted by atomic mass is 10.1. The van der Waals surface area contributed by atoms with Crippen LogP contribution in [0.5, 0.6) is 11.5 Å². The number of halogens is 2. The van der Waals surface area contributed by atoms with Crippen molar-refractivity contribution in [2.75, 3.05) is 10.6 Å². The molecule has 1 amide bonds. The van der Waals surface area contributed by atoms with E-state index in [-0.39, 0.29) is 35.3 Å². The third-order valence-electron chi connectivity index (χ3n) is 4.90. The van der Waals surface area contributed by atoms with Gasteiger partial charge in [0.15, 0.2) is 0 Å². The fraction of sp³-hybridized carbons (Fsp3) is 0.0800. The third kappa shape index (κ3) is 5.00. The SMILES string of the molecule is CC(=O)Nc1cc2c(Nc3ccc(OCc4cccc(F)c4)c(Cl)c3)c(C#N)cnc2cc1O. The van der Waals surface area contributed by atoms with Crippen LogP contribution in [0.4, 0.5) is 21.5 Å². The maximum atomic E-state index is 13.4. The van der Waals surface area contributed by atoms with E-state index in [0.29, 0.717) is 38.6 Å². The molecule has 0 aliphatic carbocycles. The number of nitriles is 1. The van der Waals surface area contributed by atoms with Crippen LogP contribution < -0.4 is 15.4 Å². The van der Waals surface area contributed by atoms with Crippen molar-refractivity contribution in [2.45, 2.75) is 13.5 Å². The number of anilines is 3. The number of hydrogen-bond acceptors (Lipinski definition) is 6. The Morgan fingerprint density at radius 1 is 1.24 bits per heavy atom. The van der Waals surface area contributed by atoms with Crippen LogP contribution in [-0.2, 0) is 11.4 Å². The van der Waals surface area contributed by atoms with Crippen molar-refractivity contribution < 1.29 is 19.0 Å². The van der Waals surface area contributed by atoms with Crippen LogP contribution in [0.15, 0.2) is 60.8 Å². The van der Waals surface area contributed by atoms with Crippen molar-refractivity contribution >= 4 is 45.5 Å². The second-order valence-corrected chi connectivity index (χ2v) is 7.82. The number of phenolic OH excluding ortho intramolecular Hbond substituents is 1. The maximum Gasteiger partial charge on any atom is 0.221 e. The van der Waals surface area contributed by atoms with E-state index in [1.165, 1.54) is 31.3 Å². The van der Waals surface area contributed by atoms with Gasteiger partial charge in [-0.15, -0.1) is 0 Å². The molecule has 3 aromatic carbocycles. The molecule has 0 aliphatic heterocycles. The number of ether oxygens (including phenoxy) is 1. The smallest absolute Gasteiger partial charge is 0.221 e. The first-order valence-electron chi connectivity index (χ1n) is 10.1. The van der Waals surface area contributed by atoms with Gasteiger partial charge in [-0.2, -0.15) is 5.26 Å². The zero-order chi connectivity index (χ0) is 24.2. The number of phenols is 1.